The van der Waals surface area contributed by atoms with Gasteiger partial charge in [0.25, 0.3) is 0 Å². The van der Waals surface area contributed by atoms with E-state index in [4.69, 9.17) is 0 Å². The summed E-state index contributed by atoms with van der Waals surface area (Å²) in [4.78, 5) is 0. The minimum Gasteiger partial charge on any atom is -0.311 e. The molecule has 2 unspecified atom stereocenters. The van der Waals surface area contributed by atoms with E-state index in [-0.39, 0.29) is 0 Å². The highest BCUT2D eigenvalue weighted by Crippen LogP contribution is 2.14. The molecule has 0 saturated carbocycles. The van der Waals surface area contributed by atoms with Crippen LogP contribution in [0.3, 0.4) is 0 Å². The monoisotopic (exact) mass is 126 g/mol. The summed E-state index contributed by atoms with van der Waals surface area (Å²) in [7, 11) is 0. The molecule has 2 saturated heterocycles. The molecule has 2 heterocycles. The van der Waals surface area contributed by atoms with Crippen LogP contribution in [0.5, 0.6) is 0 Å². The zero-order chi connectivity index (χ0) is 6.10. The molecule has 2 N–H and O–H groups in total. The summed E-state index contributed by atoms with van der Waals surface area (Å²) in [6, 6.07) is 1.62. The van der Waals surface area contributed by atoms with Gasteiger partial charge in [-0.1, -0.05) is 6.42 Å². The third-order valence-corrected chi connectivity index (χ3v) is 2.43. The molecule has 0 spiro atoms. The second-order valence-electron chi connectivity index (χ2n) is 3.07. The summed E-state index contributed by atoms with van der Waals surface area (Å²) in [6.07, 6.45) is 4.16. The zero-order valence-electron chi connectivity index (χ0n) is 5.69. The maximum absolute atomic E-state index is 3.52. The molecule has 0 bridgehead atoms. The number of fused-ring (bicyclic) bond motifs is 1. The predicted molar refractivity (Wildman–Crippen MR) is 37.4 cm³/mol. The highest BCUT2D eigenvalue weighted by molar-refractivity contribution is 4.94. The van der Waals surface area contributed by atoms with Crippen LogP contribution in [0.1, 0.15) is 19.3 Å². The summed E-state index contributed by atoms with van der Waals surface area (Å²) < 4.78 is 0. The van der Waals surface area contributed by atoms with Crippen molar-refractivity contribution in [3.63, 3.8) is 0 Å². The Morgan fingerprint density at radius 1 is 1.00 bits per heavy atom. The SMILES string of the molecule is C1CCC2NCC2NC1. The van der Waals surface area contributed by atoms with Gasteiger partial charge in [0, 0.05) is 18.6 Å². The molecule has 0 aromatic heterocycles. The summed E-state index contributed by atoms with van der Waals surface area (Å²) in [5.74, 6) is 0. The number of hydrogen-bond acceptors (Lipinski definition) is 2. The number of nitrogens with one attached hydrogen (secondary N) is 2. The molecule has 2 fully saturated rings. The van der Waals surface area contributed by atoms with Crippen LogP contribution >= 0.6 is 0 Å². The molecule has 0 amide bonds. The first-order valence-electron chi connectivity index (χ1n) is 3.93. The van der Waals surface area contributed by atoms with Crippen molar-refractivity contribution in [2.24, 2.45) is 0 Å². The van der Waals surface area contributed by atoms with E-state index in [0.717, 1.165) is 12.1 Å². The van der Waals surface area contributed by atoms with Gasteiger partial charge in [-0.05, 0) is 19.4 Å². The van der Waals surface area contributed by atoms with Gasteiger partial charge in [0.15, 0.2) is 0 Å². The number of hydrogen-bond donors (Lipinski definition) is 2. The Labute approximate surface area is 56.0 Å². The normalized spacial score (nSPS) is 42.7. The standard InChI is InChI=1S/C7H14N2/c1-2-4-8-7-5-9-6(7)3-1/h6-9H,1-5H2. The molecule has 0 radical (unpaired) electrons. The van der Waals surface area contributed by atoms with E-state index < -0.39 is 0 Å². The number of rotatable bonds is 0. The summed E-state index contributed by atoms with van der Waals surface area (Å²) in [5.41, 5.74) is 0. The van der Waals surface area contributed by atoms with Crippen molar-refractivity contribution in [1.29, 1.82) is 0 Å². The predicted octanol–water partition coefficient (Wildman–Crippen LogP) is 0.100. The van der Waals surface area contributed by atoms with Crippen LogP contribution in [0.15, 0.2) is 0 Å². The first-order chi connectivity index (χ1) is 4.47. The summed E-state index contributed by atoms with van der Waals surface area (Å²) in [6.45, 7) is 2.44. The van der Waals surface area contributed by atoms with Crippen molar-refractivity contribution >= 4 is 0 Å². The van der Waals surface area contributed by atoms with Crippen molar-refractivity contribution < 1.29 is 0 Å². The van der Waals surface area contributed by atoms with Gasteiger partial charge in [0.05, 0.1) is 0 Å². The molecular weight excluding hydrogens is 112 g/mol. The van der Waals surface area contributed by atoms with E-state index in [9.17, 15) is 0 Å². The van der Waals surface area contributed by atoms with Crippen LogP contribution in [0.4, 0.5) is 0 Å². The molecule has 9 heavy (non-hydrogen) atoms. The smallest absolute Gasteiger partial charge is 0.0346 e. The molecule has 2 atom stereocenters. The highest BCUT2D eigenvalue weighted by Gasteiger charge is 2.30. The van der Waals surface area contributed by atoms with Crippen LogP contribution in [-0.4, -0.2) is 25.2 Å². The third kappa shape index (κ3) is 0.970. The average molecular weight is 126 g/mol. The maximum atomic E-state index is 3.52. The molecule has 2 nitrogen and oxygen atoms in total. The Morgan fingerprint density at radius 3 is 2.78 bits per heavy atom. The van der Waals surface area contributed by atoms with Gasteiger partial charge in [-0.3, -0.25) is 0 Å². The first kappa shape index (κ1) is 5.69. The molecular formula is C7H14N2. The lowest BCUT2D eigenvalue weighted by Gasteiger charge is -2.37. The fourth-order valence-electron chi connectivity index (χ4n) is 1.70. The van der Waals surface area contributed by atoms with Crippen LogP contribution in [0, 0.1) is 0 Å². The van der Waals surface area contributed by atoms with Crippen molar-refractivity contribution in [2.75, 3.05) is 13.1 Å². The van der Waals surface area contributed by atoms with Crippen LogP contribution in [0.25, 0.3) is 0 Å². The quantitative estimate of drug-likeness (QED) is 0.481. The third-order valence-electron chi connectivity index (χ3n) is 2.43. The summed E-state index contributed by atoms with van der Waals surface area (Å²) >= 11 is 0. The van der Waals surface area contributed by atoms with Gasteiger partial charge in [0.1, 0.15) is 0 Å². The van der Waals surface area contributed by atoms with E-state index in [1.54, 1.807) is 0 Å². The Bertz CT molecular complexity index is 91.1. The molecule has 2 rings (SSSR count). The van der Waals surface area contributed by atoms with E-state index in [1.165, 1.54) is 32.4 Å². The van der Waals surface area contributed by atoms with Crippen LogP contribution < -0.4 is 10.6 Å². The molecule has 2 heteroatoms. The molecule has 2 aliphatic heterocycles. The highest BCUT2D eigenvalue weighted by atomic mass is 15.1. The second-order valence-corrected chi connectivity index (χ2v) is 3.07. The van der Waals surface area contributed by atoms with Crippen LogP contribution in [0.2, 0.25) is 0 Å². The maximum Gasteiger partial charge on any atom is 0.0346 e. The first-order valence-corrected chi connectivity index (χ1v) is 3.93. The molecule has 52 valence electrons. The lowest BCUT2D eigenvalue weighted by molar-refractivity contribution is 0.267. The zero-order valence-corrected chi connectivity index (χ0v) is 5.69. The van der Waals surface area contributed by atoms with Crippen molar-refractivity contribution in [3.05, 3.63) is 0 Å². The van der Waals surface area contributed by atoms with Gasteiger partial charge < -0.3 is 10.6 Å². The van der Waals surface area contributed by atoms with Gasteiger partial charge >= 0.3 is 0 Å². The largest absolute Gasteiger partial charge is 0.311 e. The van der Waals surface area contributed by atoms with E-state index >= 15 is 0 Å². The Kier molecular flexibility index (Phi) is 1.44. The van der Waals surface area contributed by atoms with Crippen molar-refractivity contribution in [2.45, 2.75) is 31.3 Å². The lowest BCUT2D eigenvalue weighted by atomic mass is 9.97. The molecule has 0 aliphatic carbocycles. The van der Waals surface area contributed by atoms with E-state index in [1.807, 2.05) is 0 Å². The van der Waals surface area contributed by atoms with Gasteiger partial charge in [-0.2, -0.15) is 0 Å². The minimum absolute atomic E-state index is 0.812. The van der Waals surface area contributed by atoms with Crippen LogP contribution in [-0.2, 0) is 0 Å². The Morgan fingerprint density at radius 2 is 2.00 bits per heavy atom. The van der Waals surface area contributed by atoms with Crippen molar-refractivity contribution in [3.8, 4) is 0 Å². The summed E-state index contributed by atoms with van der Waals surface area (Å²) in [5, 5.41) is 6.94. The fourth-order valence-corrected chi connectivity index (χ4v) is 1.70. The van der Waals surface area contributed by atoms with E-state index in [0.29, 0.717) is 0 Å². The van der Waals surface area contributed by atoms with Gasteiger partial charge in [-0.15, -0.1) is 0 Å². The molecule has 0 aromatic carbocycles. The Balaban J connectivity index is 1.90. The van der Waals surface area contributed by atoms with E-state index in [2.05, 4.69) is 10.6 Å². The topological polar surface area (TPSA) is 24.1 Å². The van der Waals surface area contributed by atoms with Gasteiger partial charge in [-0.25, -0.2) is 0 Å². The lowest BCUT2D eigenvalue weighted by Crippen LogP contribution is -2.62. The molecule has 0 aromatic rings. The van der Waals surface area contributed by atoms with Crippen molar-refractivity contribution in [1.82, 2.24) is 10.6 Å². The fraction of sp³-hybridized carbons (Fsp3) is 1.00. The Hall–Kier alpha value is -0.0800. The molecule has 2 aliphatic rings. The average Bonchev–Trinajstić information content (AvgIpc) is 1.94. The minimum atomic E-state index is 0.812. The second kappa shape index (κ2) is 2.27. The van der Waals surface area contributed by atoms with Gasteiger partial charge in [0.2, 0.25) is 0 Å².